The van der Waals surface area contributed by atoms with E-state index in [-0.39, 0.29) is 28.3 Å². The summed E-state index contributed by atoms with van der Waals surface area (Å²) in [7, 11) is -3.60. The Hall–Kier alpha value is -3.55. The van der Waals surface area contributed by atoms with Crippen LogP contribution in [-0.2, 0) is 9.84 Å². The second-order valence-electron chi connectivity index (χ2n) is 6.98. The summed E-state index contributed by atoms with van der Waals surface area (Å²) in [5, 5.41) is 15.4. The summed E-state index contributed by atoms with van der Waals surface area (Å²) in [4.78, 5) is 18.3. The third-order valence-corrected chi connectivity index (χ3v) is 5.59. The maximum Gasteiger partial charge on any atom is 0.395 e. The summed E-state index contributed by atoms with van der Waals surface area (Å²) in [6, 6.07) is 3.67. The number of sulfone groups is 1. The zero-order valence-electron chi connectivity index (χ0n) is 16.5. The number of alkyl halides is 3. The van der Waals surface area contributed by atoms with Gasteiger partial charge in [0, 0.05) is 30.4 Å². The molecule has 0 saturated carbocycles. The molecule has 1 unspecified atom stereocenters. The molecule has 170 valence electrons. The minimum absolute atomic E-state index is 0.0204. The fourth-order valence-electron chi connectivity index (χ4n) is 3.11. The lowest BCUT2D eigenvalue weighted by Crippen LogP contribution is -2.23. The van der Waals surface area contributed by atoms with E-state index in [4.69, 9.17) is 5.73 Å². The van der Waals surface area contributed by atoms with Gasteiger partial charge in [0.15, 0.2) is 5.82 Å². The van der Waals surface area contributed by atoms with Gasteiger partial charge in [-0.2, -0.15) is 18.3 Å². The van der Waals surface area contributed by atoms with E-state index in [9.17, 15) is 31.7 Å². The van der Waals surface area contributed by atoms with Crippen molar-refractivity contribution in [3.05, 3.63) is 58.7 Å². The maximum atomic E-state index is 13.6. The molecule has 2 N–H and O–H groups in total. The Morgan fingerprint density at radius 1 is 1.25 bits per heavy atom. The van der Waals surface area contributed by atoms with Crippen molar-refractivity contribution in [1.82, 2.24) is 19.7 Å². The van der Waals surface area contributed by atoms with Crippen LogP contribution in [-0.4, -0.2) is 51.3 Å². The summed E-state index contributed by atoms with van der Waals surface area (Å²) in [6.07, 6.45) is 0.622. The predicted octanol–water partition coefficient (Wildman–Crippen LogP) is 2.90. The molecule has 0 bridgehead atoms. The maximum absolute atomic E-state index is 13.6. The van der Waals surface area contributed by atoms with Gasteiger partial charge in [0.2, 0.25) is 5.82 Å². The van der Waals surface area contributed by atoms with Crippen LogP contribution >= 0.6 is 0 Å². The Labute approximate surface area is 180 Å². The van der Waals surface area contributed by atoms with Gasteiger partial charge in [-0.1, -0.05) is 0 Å². The molecule has 0 radical (unpaired) electrons. The number of pyridine rings is 2. The van der Waals surface area contributed by atoms with Crippen LogP contribution in [0.1, 0.15) is 17.9 Å². The smallest absolute Gasteiger partial charge is 0.378 e. The molecule has 10 nitrogen and oxygen atoms in total. The Balaban J connectivity index is 1.98. The first-order chi connectivity index (χ1) is 14.9. The molecule has 0 aliphatic carbocycles. The Morgan fingerprint density at radius 3 is 2.56 bits per heavy atom. The monoisotopic (exact) mass is 470 g/mol. The molecule has 3 rings (SSSR count). The number of nitrogens with two attached hydrogens (primary N) is 1. The highest BCUT2D eigenvalue weighted by atomic mass is 32.2. The quantitative estimate of drug-likeness (QED) is 0.409. The standard InChI is InChI=1S/C18H17F3N6O4S/c1-32(30,31)7-4-14(18(19,20)21)11-2-5-23-15(8-11)26-10-12(9-25-26)13-3-6-24-17(22)16(13)27(28)29/h2-3,5-6,8-10,14H,4,7H2,1H3,(H2,22,24). The van der Waals surface area contributed by atoms with Crippen LogP contribution in [0.15, 0.2) is 43.0 Å². The van der Waals surface area contributed by atoms with Gasteiger partial charge in [0.25, 0.3) is 0 Å². The number of nitro groups is 1. The SMILES string of the molecule is CS(=O)(=O)CCC(c1ccnc(-n2cc(-c3ccnc(N)c3[N+](=O)[O-])cn2)c1)C(F)(F)F. The predicted molar refractivity (Wildman–Crippen MR) is 109 cm³/mol. The van der Waals surface area contributed by atoms with Crippen molar-refractivity contribution >= 4 is 21.3 Å². The van der Waals surface area contributed by atoms with Crippen molar-refractivity contribution in [1.29, 1.82) is 0 Å². The number of hydrogen-bond donors (Lipinski definition) is 1. The number of nitrogens with zero attached hydrogens (tertiary/aromatic N) is 5. The van der Waals surface area contributed by atoms with Crippen molar-refractivity contribution in [2.75, 3.05) is 17.7 Å². The van der Waals surface area contributed by atoms with Crippen molar-refractivity contribution in [3.63, 3.8) is 0 Å². The number of rotatable bonds is 7. The minimum atomic E-state index is -4.67. The van der Waals surface area contributed by atoms with E-state index in [2.05, 4.69) is 15.1 Å². The van der Waals surface area contributed by atoms with Crippen LogP contribution in [0.25, 0.3) is 16.9 Å². The molecule has 0 spiro atoms. The van der Waals surface area contributed by atoms with Gasteiger partial charge in [-0.05, 0) is 30.2 Å². The molecule has 0 amide bonds. The number of halogens is 3. The summed E-state index contributed by atoms with van der Waals surface area (Å²) in [5.41, 5.74) is 5.40. The molecule has 3 heterocycles. The topological polar surface area (TPSA) is 147 Å². The van der Waals surface area contributed by atoms with E-state index < -0.39 is 44.7 Å². The highest BCUT2D eigenvalue weighted by molar-refractivity contribution is 7.90. The molecule has 0 saturated heterocycles. The molecule has 14 heteroatoms. The lowest BCUT2D eigenvalue weighted by atomic mass is 9.97. The van der Waals surface area contributed by atoms with E-state index in [1.54, 1.807) is 0 Å². The van der Waals surface area contributed by atoms with E-state index in [1.807, 2.05) is 0 Å². The summed E-state index contributed by atoms with van der Waals surface area (Å²) in [6.45, 7) is 0. The number of anilines is 1. The molecule has 1 atom stereocenters. The third-order valence-electron chi connectivity index (χ3n) is 4.61. The first kappa shape index (κ1) is 23.1. The van der Waals surface area contributed by atoms with E-state index in [1.165, 1.54) is 24.7 Å². The first-order valence-corrected chi connectivity index (χ1v) is 11.1. The van der Waals surface area contributed by atoms with Crippen molar-refractivity contribution < 1.29 is 26.5 Å². The lowest BCUT2D eigenvalue weighted by molar-refractivity contribution is -0.383. The molecular formula is C18H17F3N6O4S. The van der Waals surface area contributed by atoms with E-state index >= 15 is 0 Å². The van der Waals surface area contributed by atoms with Crippen molar-refractivity contribution in [2.24, 2.45) is 0 Å². The van der Waals surface area contributed by atoms with Gasteiger partial charge in [0.1, 0.15) is 9.84 Å². The molecular weight excluding hydrogens is 453 g/mol. The zero-order valence-corrected chi connectivity index (χ0v) is 17.3. The summed E-state index contributed by atoms with van der Waals surface area (Å²) in [5.74, 6) is -2.92. The number of hydrogen-bond acceptors (Lipinski definition) is 8. The largest absolute Gasteiger partial charge is 0.395 e. The third kappa shape index (κ3) is 5.19. The zero-order chi connectivity index (χ0) is 23.7. The van der Waals surface area contributed by atoms with Gasteiger partial charge in [-0.3, -0.25) is 10.1 Å². The van der Waals surface area contributed by atoms with Crippen molar-refractivity contribution in [3.8, 4) is 16.9 Å². The average molecular weight is 470 g/mol. The molecule has 0 aliphatic rings. The Bertz CT molecular complexity index is 1260. The lowest BCUT2D eigenvalue weighted by Gasteiger charge is -2.20. The Kier molecular flexibility index (Phi) is 6.16. The molecule has 32 heavy (non-hydrogen) atoms. The first-order valence-electron chi connectivity index (χ1n) is 9.01. The fraction of sp³-hybridized carbons (Fsp3) is 0.278. The van der Waals surface area contributed by atoms with Crippen molar-refractivity contribution in [2.45, 2.75) is 18.5 Å². The second-order valence-corrected chi connectivity index (χ2v) is 9.24. The van der Waals surface area contributed by atoms with Crippen LogP contribution in [0.4, 0.5) is 24.7 Å². The Morgan fingerprint density at radius 2 is 1.94 bits per heavy atom. The van der Waals surface area contributed by atoms with E-state index in [0.29, 0.717) is 0 Å². The number of nitrogen functional groups attached to an aromatic ring is 1. The molecule has 3 aromatic heterocycles. The highest BCUT2D eigenvalue weighted by Gasteiger charge is 2.41. The molecule has 0 fully saturated rings. The normalized spacial score (nSPS) is 13.1. The van der Waals surface area contributed by atoms with E-state index in [0.717, 1.165) is 29.3 Å². The van der Waals surface area contributed by atoms with Crippen LogP contribution in [0.3, 0.4) is 0 Å². The van der Waals surface area contributed by atoms with Gasteiger partial charge in [0.05, 0.1) is 28.4 Å². The molecule has 3 aromatic rings. The average Bonchev–Trinajstić information content (AvgIpc) is 3.16. The van der Waals surface area contributed by atoms with Gasteiger partial charge >= 0.3 is 11.9 Å². The van der Waals surface area contributed by atoms with Gasteiger partial charge < -0.3 is 5.73 Å². The van der Waals surface area contributed by atoms with Gasteiger partial charge in [-0.15, -0.1) is 0 Å². The summed E-state index contributed by atoms with van der Waals surface area (Å²) >= 11 is 0. The fourth-order valence-corrected chi connectivity index (χ4v) is 3.77. The van der Waals surface area contributed by atoms with Gasteiger partial charge in [-0.25, -0.2) is 23.1 Å². The molecule has 0 aromatic carbocycles. The highest BCUT2D eigenvalue weighted by Crippen LogP contribution is 2.38. The summed E-state index contributed by atoms with van der Waals surface area (Å²) < 4.78 is 64.6. The van der Waals surface area contributed by atoms with Crippen LogP contribution < -0.4 is 5.73 Å². The number of aromatic nitrogens is 4. The second kappa shape index (κ2) is 8.53. The van der Waals surface area contributed by atoms with Crippen LogP contribution in [0.5, 0.6) is 0 Å². The minimum Gasteiger partial charge on any atom is -0.378 e. The molecule has 0 aliphatic heterocycles. The van der Waals surface area contributed by atoms with Crippen LogP contribution in [0, 0.1) is 10.1 Å². The van der Waals surface area contributed by atoms with Crippen LogP contribution in [0.2, 0.25) is 0 Å².